The monoisotopic (exact) mass is 369 g/mol. The van der Waals surface area contributed by atoms with Gasteiger partial charge in [-0.1, -0.05) is 31.2 Å². The zero-order valence-corrected chi connectivity index (χ0v) is 16.1. The van der Waals surface area contributed by atoms with Crippen LogP contribution in [0.5, 0.6) is 0 Å². The van der Waals surface area contributed by atoms with Gasteiger partial charge in [-0.15, -0.1) is 0 Å². The molecule has 0 aromatic heterocycles. The highest BCUT2D eigenvalue weighted by Gasteiger charge is 2.32. The molecule has 0 fully saturated rings. The Hall–Kier alpha value is -2.40. The minimum Gasteiger partial charge on any atom is -0.300 e. The summed E-state index contributed by atoms with van der Waals surface area (Å²) in [5, 5.41) is 1.22. The van der Waals surface area contributed by atoms with Crippen molar-refractivity contribution >= 4 is 21.4 Å². The summed E-state index contributed by atoms with van der Waals surface area (Å²) < 4.78 is 23.9. The summed E-state index contributed by atoms with van der Waals surface area (Å²) in [7, 11) is -3.27. The number of anilines is 1. The predicted molar refractivity (Wildman–Crippen MR) is 105 cm³/mol. The lowest BCUT2D eigenvalue weighted by molar-refractivity contribution is 0.0983. The molecular weight excluding hydrogens is 346 g/mol. The second-order valence-corrected chi connectivity index (χ2v) is 8.61. The molecule has 26 heavy (non-hydrogen) atoms. The molecule has 1 atom stereocenters. The van der Waals surface area contributed by atoms with E-state index in [2.05, 4.69) is 0 Å². The Balaban J connectivity index is 2.10. The molecule has 0 unspecified atom stereocenters. The van der Waals surface area contributed by atoms with Crippen LogP contribution in [0.3, 0.4) is 0 Å². The average molecular weight is 369 g/mol. The number of rotatable bonds is 4. The second-order valence-electron chi connectivity index (χ2n) is 6.68. The topological polar surface area (TPSA) is 54.5 Å². The highest BCUT2D eigenvalue weighted by Crippen LogP contribution is 2.29. The van der Waals surface area contributed by atoms with Crippen LogP contribution in [0.25, 0.3) is 0 Å². The number of sulfone groups is 1. The van der Waals surface area contributed by atoms with Crippen LogP contribution < -0.4 is 4.90 Å². The fourth-order valence-electron chi connectivity index (χ4n) is 3.22. The summed E-state index contributed by atoms with van der Waals surface area (Å²) in [5.41, 5.74) is 4.50. The minimum atomic E-state index is -3.27. The van der Waals surface area contributed by atoms with Crippen molar-refractivity contribution in [1.82, 2.24) is 0 Å². The van der Waals surface area contributed by atoms with E-state index in [1.807, 2.05) is 57.2 Å². The zero-order chi connectivity index (χ0) is 18.9. The van der Waals surface area contributed by atoms with E-state index in [-0.39, 0.29) is 11.7 Å². The van der Waals surface area contributed by atoms with Crippen molar-refractivity contribution in [1.29, 1.82) is 0 Å². The molecule has 1 heterocycles. The van der Waals surface area contributed by atoms with Gasteiger partial charge in [-0.3, -0.25) is 4.79 Å². The molecule has 0 spiro atoms. The predicted octanol–water partition coefficient (Wildman–Crippen LogP) is 3.82. The first-order valence-electron chi connectivity index (χ1n) is 8.72. The Morgan fingerprint density at radius 1 is 1.12 bits per heavy atom. The van der Waals surface area contributed by atoms with Crippen molar-refractivity contribution in [3.63, 3.8) is 0 Å². The Labute approximate surface area is 155 Å². The summed E-state index contributed by atoms with van der Waals surface area (Å²) in [6.45, 7) is 6.00. The van der Waals surface area contributed by atoms with E-state index in [0.717, 1.165) is 28.8 Å². The Bertz CT molecular complexity index is 977. The smallest absolute Gasteiger partial charge is 0.258 e. The normalized spacial score (nSPS) is 18.0. The van der Waals surface area contributed by atoms with Crippen LogP contribution in [0, 0.1) is 13.8 Å². The molecule has 0 bridgehead atoms. The van der Waals surface area contributed by atoms with Gasteiger partial charge < -0.3 is 4.90 Å². The Morgan fingerprint density at radius 2 is 1.85 bits per heavy atom. The van der Waals surface area contributed by atoms with E-state index in [9.17, 15) is 13.2 Å². The molecule has 0 radical (unpaired) electrons. The van der Waals surface area contributed by atoms with Crippen molar-refractivity contribution in [2.24, 2.45) is 0 Å². The van der Waals surface area contributed by atoms with Crippen molar-refractivity contribution in [3.05, 3.63) is 76.2 Å². The fourth-order valence-corrected chi connectivity index (χ4v) is 4.49. The van der Waals surface area contributed by atoms with Crippen LogP contribution in [0.4, 0.5) is 5.69 Å². The third-order valence-electron chi connectivity index (χ3n) is 4.85. The molecule has 0 N–H and O–H groups in total. The first-order valence-corrected chi connectivity index (χ1v) is 10.4. The molecule has 0 saturated heterocycles. The summed E-state index contributed by atoms with van der Waals surface area (Å²) >= 11 is 0. The van der Waals surface area contributed by atoms with Gasteiger partial charge in [0.2, 0.25) is 0 Å². The van der Waals surface area contributed by atoms with Crippen LogP contribution in [0.2, 0.25) is 0 Å². The van der Waals surface area contributed by atoms with Crippen LogP contribution in [0.15, 0.2) is 53.9 Å². The molecular formula is C21H23NO3S. The van der Waals surface area contributed by atoms with Gasteiger partial charge in [-0.25, -0.2) is 8.42 Å². The molecule has 1 aliphatic heterocycles. The van der Waals surface area contributed by atoms with Gasteiger partial charge in [0, 0.05) is 16.7 Å². The lowest BCUT2D eigenvalue weighted by atomic mass is 10.0. The molecule has 5 heteroatoms. The summed E-state index contributed by atoms with van der Waals surface area (Å²) in [6.07, 6.45) is 2.37. The van der Waals surface area contributed by atoms with E-state index in [4.69, 9.17) is 0 Å². The average Bonchev–Trinajstić information content (AvgIpc) is 2.97. The highest BCUT2D eigenvalue weighted by atomic mass is 32.2. The number of aryl methyl sites for hydroxylation is 3. The third kappa shape index (κ3) is 3.58. The van der Waals surface area contributed by atoms with Crippen molar-refractivity contribution in [3.8, 4) is 0 Å². The second kappa shape index (κ2) is 7.08. The number of amides is 1. The van der Waals surface area contributed by atoms with Gasteiger partial charge in [0.25, 0.3) is 5.91 Å². The number of para-hydroxylation sites is 1. The van der Waals surface area contributed by atoms with E-state index in [1.165, 1.54) is 5.41 Å². The van der Waals surface area contributed by atoms with Gasteiger partial charge >= 0.3 is 0 Å². The summed E-state index contributed by atoms with van der Waals surface area (Å²) in [4.78, 5) is 15.0. The molecule has 0 aliphatic carbocycles. The number of carbonyl (C=O) groups excluding carboxylic acids is 1. The molecule has 2 aromatic rings. The quantitative estimate of drug-likeness (QED) is 0.823. The largest absolute Gasteiger partial charge is 0.300 e. The van der Waals surface area contributed by atoms with E-state index in [1.54, 1.807) is 17.0 Å². The Morgan fingerprint density at radius 3 is 2.46 bits per heavy atom. The molecule has 2 aromatic carbocycles. The van der Waals surface area contributed by atoms with Gasteiger partial charge in [-0.05, 0) is 61.2 Å². The van der Waals surface area contributed by atoms with Crippen LogP contribution >= 0.6 is 0 Å². The maximum Gasteiger partial charge on any atom is 0.258 e. The van der Waals surface area contributed by atoms with Gasteiger partial charge in [0.05, 0.1) is 11.8 Å². The first-order chi connectivity index (χ1) is 12.3. The maximum absolute atomic E-state index is 13.4. The number of hydrogen-bond donors (Lipinski definition) is 0. The van der Waals surface area contributed by atoms with Crippen LogP contribution in [-0.4, -0.2) is 26.1 Å². The zero-order valence-electron chi connectivity index (χ0n) is 15.3. The SMILES string of the molecule is CCc1ccccc1N(C(=O)c1ccc(C)c(C)c1)[C@@H]1C=CS(=O)(=O)C1. The third-order valence-corrected chi connectivity index (χ3v) is 6.23. The number of hydrogen-bond acceptors (Lipinski definition) is 3. The fraction of sp³-hybridized carbons (Fsp3) is 0.286. The number of nitrogens with zero attached hydrogens (tertiary/aromatic N) is 1. The van der Waals surface area contributed by atoms with E-state index < -0.39 is 15.9 Å². The van der Waals surface area contributed by atoms with Crippen molar-refractivity contribution < 1.29 is 13.2 Å². The molecule has 0 saturated carbocycles. The lowest BCUT2D eigenvalue weighted by Crippen LogP contribution is -2.41. The van der Waals surface area contributed by atoms with E-state index >= 15 is 0 Å². The molecule has 1 amide bonds. The summed E-state index contributed by atoms with van der Waals surface area (Å²) in [6, 6.07) is 12.8. The van der Waals surface area contributed by atoms with Crippen molar-refractivity contribution in [2.45, 2.75) is 33.2 Å². The van der Waals surface area contributed by atoms with Crippen molar-refractivity contribution in [2.75, 3.05) is 10.7 Å². The van der Waals surface area contributed by atoms with Gasteiger partial charge in [0.15, 0.2) is 9.84 Å². The van der Waals surface area contributed by atoms with E-state index in [0.29, 0.717) is 5.56 Å². The molecule has 4 nitrogen and oxygen atoms in total. The molecule has 3 rings (SSSR count). The van der Waals surface area contributed by atoms with Crippen LogP contribution in [0.1, 0.15) is 34.0 Å². The summed E-state index contributed by atoms with van der Waals surface area (Å²) in [5.74, 6) is -0.262. The molecule has 136 valence electrons. The first kappa shape index (κ1) is 18.4. The van der Waals surface area contributed by atoms with Crippen LogP contribution in [-0.2, 0) is 16.3 Å². The minimum absolute atomic E-state index is 0.0817. The maximum atomic E-state index is 13.4. The lowest BCUT2D eigenvalue weighted by Gasteiger charge is -2.30. The Kier molecular flexibility index (Phi) is 5.01. The molecule has 1 aliphatic rings. The standard InChI is InChI=1S/C21H23NO3S/c1-4-17-7-5-6-8-20(17)22(19-11-12-26(24,25)14-19)21(23)18-10-9-15(2)16(3)13-18/h5-13,19H,4,14H2,1-3H3/t19-/m1/s1. The van der Waals surface area contributed by atoms with Gasteiger partial charge in [-0.2, -0.15) is 0 Å². The number of benzene rings is 2. The highest BCUT2D eigenvalue weighted by molar-refractivity contribution is 7.94. The number of carbonyl (C=O) groups is 1. The van der Waals surface area contributed by atoms with Gasteiger partial charge in [0.1, 0.15) is 0 Å².